The second-order valence-corrected chi connectivity index (χ2v) is 9.55. The van der Waals surface area contributed by atoms with Gasteiger partial charge in [-0.1, -0.05) is 12.1 Å². The van der Waals surface area contributed by atoms with Gasteiger partial charge in [0.25, 0.3) is 0 Å². The lowest BCUT2D eigenvalue weighted by atomic mass is 9.77. The maximum Gasteiger partial charge on any atom is 0.416 e. The molecule has 6 rings (SSSR count). The van der Waals surface area contributed by atoms with E-state index in [-0.39, 0.29) is 23.8 Å². The summed E-state index contributed by atoms with van der Waals surface area (Å²) in [7, 11) is 0. The minimum absolute atomic E-state index is 0.0258. The average Bonchev–Trinajstić information content (AvgIpc) is 3.64. The molecule has 0 bridgehead atoms. The van der Waals surface area contributed by atoms with E-state index in [1.165, 1.54) is 12.8 Å². The Hall–Kier alpha value is -2.96. The highest BCUT2D eigenvalue weighted by atomic mass is 19.4. The zero-order valence-electron chi connectivity index (χ0n) is 17.3. The minimum atomic E-state index is -4.31. The van der Waals surface area contributed by atoms with Gasteiger partial charge in [-0.2, -0.15) is 13.2 Å². The molecule has 1 heterocycles. The number of alkyl halides is 3. The first-order valence-corrected chi connectivity index (χ1v) is 11.1. The van der Waals surface area contributed by atoms with Crippen LogP contribution in [0.4, 0.5) is 18.9 Å². The van der Waals surface area contributed by atoms with Crippen LogP contribution in [0.25, 0.3) is 10.9 Å². The number of halogens is 3. The topological polar surface area (TPSA) is 54.1 Å². The SMILES string of the molecule is O=C(Nc1c[nH]c2ccc(O[C@H]3C[C@@H](c4ccc(C(F)(F)F)cc4)C3)cc12)C1CC12CC2. The number of H-pyrrole nitrogens is 1. The van der Waals surface area contributed by atoms with Gasteiger partial charge in [0.05, 0.1) is 17.4 Å². The van der Waals surface area contributed by atoms with Gasteiger partial charge in [0.1, 0.15) is 5.75 Å². The largest absolute Gasteiger partial charge is 0.490 e. The number of hydrogen-bond acceptors (Lipinski definition) is 2. The number of hydrogen-bond donors (Lipinski definition) is 2. The highest BCUT2D eigenvalue weighted by molar-refractivity contribution is 6.04. The third-order valence-electron chi connectivity index (χ3n) is 7.42. The molecular weight excluding hydrogens is 417 g/mol. The van der Waals surface area contributed by atoms with Gasteiger partial charge >= 0.3 is 6.18 Å². The van der Waals surface area contributed by atoms with Crippen LogP contribution in [0.15, 0.2) is 48.7 Å². The van der Waals surface area contributed by atoms with E-state index >= 15 is 0 Å². The van der Waals surface area contributed by atoms with Gasteiger partial charge in [-0.3, -0.25) is 4.79 Å². The number of aromatic amines is 1. The van der Waals surface area contributed by atoms with E-state index in [0.717, 1.165) is 59.3 Å². The molecule has 166 valence electrons. The molecule has 2 N–H and O–H groups in total. The zero-order chi connectivity index (χ0) is 22.1. The summed E-state index contributed by atoms with van der Waals surface area (Å²) < 4.78 is 44.3. The van der Waals surface area contributed by atoms with Crippen molar-refractivity contribution in [3.05, 3.63) is 59.8 Å². The van der Waals surface area contributed by atoms with Crippen molar-refractivity contribution in [2.24, 2.45) is 11.3 Å². The molecular formula is C25H23F3N2O2. The first-order valence-electron chi connectivity index (χ1n) is 11.1. The molecule has 1 aromatic heterocycles. The standard InChI is InChI=1S/C25H23F3N2O2/c26-25(27,28)16-3-1-14(2-4-16)15-9-18(10-15)32-17-5-6-21-19(11-17)22(13-29-21)30-23(31)20-12-24(20)7-8-24/h1-6,11,13,15,18,20,29H,7-10,12H2,(H,30,31)/t15-,18+,20?. The van der Waals surface area contributed by atoms with Gasteiger partial charge in [-0.05, 0) is 79.3 Å². The van der Waals surface area contributed by atoms with Crippen LogP contribution < -0.4 is 10.1 Å². The van der Waals surface area contributed by atoms with Crippen LogP contribution in [-0.4, -0.2) is 17.0 Å². The molecule has 3 aromatic rings. The first kappa shape index (κ1) is 19.7. The smallest absolute Gasteiger partial charge is 0.416 e. The summed E-state index contributed by atoms with van der Waals surface area (Å²) in [4.78, 5) is 15.7. The monoisotopic (exact) mass is 440 g/mol. The van der Waals surface area contributed by atoms with Crippen LogP contribution in [0.5, 0.6) is 5.75 Å². The molecule has 1 spiro atoms. The number of amides is 1. The molecule has 32 heavy (non-hydrogen) atoms. The fourth-order valence-electron chi connectivity index (χ4n) is 5.00. The summed E-state index contributed by atoms with van der Waals surface area (Å²) >= 11 is 0. The van der Waals surface area contributed by atoms with Crippen molar-refractivity contribution in [2.45, 2.75) is 50.3 Å². The van der Waals surface area contributed by atoms with Gasteiger partial charge in [-0.25, -0.2) is 0 Å². The maximum atomic E-state index is 12.7. The predicted molar refractivity (Wildman–Crippen MR) is 115 cm³/mol. The second-order valence-electron chi connectivity index (χ2n) is 9.55. The summed E-state index contributed by atoms with van der Waals surface area (Å²) in [6.45, 7) is 0. The number of anilines is 1. The molecule has 0 aliphatic heterocycles. The first-order chi connectivity index (χ1) is 15.3. The van der Waals surface area contributed by atoms with Crippen LogP contribution >= 0.6 is 0 Å². The minimum Gasteiger partial charge on any atom is -0.490 e. The summed E-state index contributed by atoms with van der Waals surface area (Å²) in [6, 6.07) is 11.2. The third-order valence-corrected chi connectivity index (χ3v) is 7.42. The Labute approximate surface area is 183 Å². The normalized spacial score (nSPS) is 25.4. The van der Waals surface area contributed by atoms with Crippen molar-refractivity contribution >= 4 is 22.5 Å². The van der Waals surface area contributed by atoms with Crippen molar-refractivity contribution < 1.29 is 22.7 Å². The van der Waals surface area contributed by atoms with E-state index in [1.54, 1.807) is 12.1 Å². The summed E-state index contributed by atoms with van der Waals surface area (Å²) in [5, 5.41) is 3.99. The van der Waals surface area contributed by atoms with Crippen LogP contribution in [0.1, 0.15) is 49.1 Å². The van der Waals surface area contributed by atoms with Crippen LogP contribution in [0.3, 0.4) is 0 Å². The molecule has 4 nitrogen and oxygen atoms in total. The Bertz CT molecular complexity index is 1190. The van der Waals surface area contributed by atoms with Crippen LogP contribution in [0, 0.1) is 11.3 Å². The molecule has 0 radical (unpaired) electrons. The summed E-state index contributed by atoms with van der Waals surface area (Å²) in [6.07, 6.45) is 2.43. The van der Waals surface area contributed by atoms with Gasteiger partial charge in [-0.15, -0.1) is 0 Å². The lowest BCUT2D eigenvalue weighted by molar-refractivity contribution is -0.137. The predicted octanol–water partition coefficient (Wildman–Crippen LogP) is 6.25. The number of carbonyl (C=O) groups excluding carboxylic acids is 1. The Morgan fingerprint density at radius 3 is 2.50 bits per heavy atom. The van der Waals surface area contributed by atoms with Crippen molar-refractivity contribution in [2.75, 3.05) is 5.32 Å². The molecule has 0 saturated heterocycles. The van der Waals surface area contributed by atoms with Gasteiger partial charge in [0.2, 0.25) is 5.91 Å². The van der Waals surface area contributed by atoms with Crippen LogP contribution in [0.2, 0.25) is 0 Å². The molecule has 3 fully saturated rings. The number of aromatic nitrogens is 1. The van der Waals surface area contributed by atoms with E-state index in [1.807, 2.05) is 24.4 Å². The van der Waals surface area contributed by atoms with Crippen molar-refractivity contribution in [1.29, 1.82) is 0 Å². The number of ether oxygens (including phenoxy) is 1. The highest BCUT2D eigenvalue weighted by Crippen LogP contribution is 2.70. The number of nitrogens with one attached hydrogen (secondary N) is 2. The van der Waals surface area contributed by atoms with E-state index < -0.39 is 11.7 Å². The van der Waals surface area contributed by atoms with Gasteiger partial charge in [0.15, 0.2) is 0 Å². The number of fused-ring (bicyclic) bond motifs is 1. The highest BCUT2D eigenvalue weighted by Gasteiger charge is 2.65. The van der Waals surface area contributed by atoms with Crippen molar-refractivity contribution in [3.63, 3.8) is 0 Å². The Balaban J connectivity index is 1.09. The Morgan fingerprint density at radius 2 is 1.84 bits per heavy atom. The summed E-state index contributed by atoms with van der Waals surface area (Å²) in [5.41, 5.74) is 2.32. The molecule has 2 aromatic carbocycles. The van der Waals surface area contributed by atoms with Crippen LogP contribution in [-0.2, 0) is 11.0 Å². The van der Waals surface area contributed by atoms with E-state index in [0.29, 0.717) is 5.41 Å². The fraction of sp³-hybridized carbons (Fsp3) is 0.400. The molecule has 7 heteroatoms. The van der Waals surface area contributed by atoms with Gasteiger partial charge in [0, 0.05) is 23.0 Å². The molecule has 3 aliphatic carbocycles. The fourth-order valence-corrected chi connectivity index (χ4v) is 5.00. The Kier molecular flexibility index (Phi) is 4.17. The number of carbonyl (C=O) groups is 1. The van der Waals surface area contributed by atoms with E-state index in [2.05, 4.69) is 10.3 Å². The Morgan fingerprint density at radius 1 is 1.09 bits per heavy atom. The van der Waals surface area contributed by atoms with Crippen molar-refractivity contribution in [3.8, 4) is 5.75 Å². The summed E-state index contributed by atoms with van der Waals surface area (Å²) in [5.74, 6) is 1.20. The second kappa shape index (κ2) is 6.77. The molecule has 1 unspecified atom stereocenters. The number of benzene rings is 2. The average molecular weight is 440 g/mol. The maximum absolute atomic E-state index is 12.7. The molecule has 1 amide bonds. The third kappa shape index (κ3) is 3.44. The lowest BCUT2D eigenvalue weighted by Gasteiger charge is -2.35. The van der Waals surface area contributed by atoms with Crippen molar-refractivity contribution in [1.82, 2.24) is 4.98 Å². The molecule has 1 atom stereocenters. The quantitative estimate of drug-likeness (QED) is 0.493. The van der Waals surface area contributed by atoms with E-state index in [4.69, 9.17) is 4.74 Å². The zero-order valence-corrected chi connectivity index (χ0v) is 17.3. The molecule has 3 saturated carbocycles. The van der Waals surface area contributed by atoms with E-state index in [9.17, 15) is 18.0 Å². The van der Waals surface area contributed by atoms with Gasteiger partial charge < -0.3 is 15.0 Å². The lowest BCUT2D eigenvalue weighted by Crippen LogP contribution is -2.32. The number of rotatable bonds is 5. The molecule has 3 aliphatic rings.